The highest BCUT2D eigenvalue weighted by atomic mass is 127. The summed E-state index contributed by atoms with van der Waals surface area (Å²) in [6, 6.07) is 7.58. The Bertz CT molecular complexity index is 447. The van der Waals surface area contributed by atoms with Crippen molar-refractivity contribution in [1.29, 1.82) is 0 Å². The summed E-state index contributed by atoms with van der Waals surface area (Å²) in [5, 5.41) is 3.12. The van der Waals surface area contributed by atoms with Gasteiger partial charge >= 0.3 is 0 Å². The third kappa shape index (κ3) is 6.72. The molecule has 0 unspecified atom stereocenters. The number of ether oxygens (including phenoxy) is 2. The van der Waals surface area contributed by atoms with Gasteiger partial charge in [0.2, 0.25) is 0 Å². The summed E-state index contributed by atoms with van der Waals surface area (Å²) < 4.78 is 10.7. The number of nitrogens with zero attached hydrogens (tertiary/aromatic N) is 1. The lowest BCUT2D eigenvalue weighted by atomic mass is 9.86. The second kappa shape index (κ2) is 10.5. The summed E-state index contributed by atoms with van der Waals surface area (Å²) in [7, 11) is 1.65. The number of nitrogens with two attached hydrogens (primary N) is 1. The third-order valence-electron chi connectivity index (χ3n) is 3.70. The van der Waals surface area contributed by atoms with Crippen LogP contribution in [0.2, 0.25) is 0 Å². The second-order valence-electron chi connectivity index (χ2n) is 5.33. The fourth-order valence-corrected chi connectivity index (χ4v) is 2.11. The van der Waals surface area contributed by atoms with Gasteiger partial charge < -0.3 is 20.5 Å². The summed E-state index contributed by atoms with van der Waals surface area (Å²) in [5.74, 6) is 2.98. The van der Waals surface area contributed by atoms with Crippen molar-refractivity contribution in [3.05, 3.63) is 24.3 Å². The molecule has 0 saturated heterocycles. The highest BCUT2D eigenvalue weighted by Gasteiger charge is 2.16. The van der Waals surface area contributed by atoms with Crippen LogP contribution in [0.3, 0.4) is 0 Å². The molecular formula is C16H26IN3O2. The molecule has 1 aliphatic rings. The van der Waals surface area contributed by atoms with Crippen LogP contribution >= 0.6 is 24.0 Å². The third-order valence-corrected chi connectivity index (χ3v) is 3.70. The Hall–Kier alpha value is -1.18. The SMILES string of the molecule is COc1ccc(OCCCNC(N)=NCC2CCC2)cc1.I. The number of guanidine groups is 1. The minimum absolute atomic E-state index is 0. The van der Waals surface area contributed by atoms with Crippen LogP contribution in [0.25, 0.3) is 0 Å². The first-order chi connectivity index (χ1) is 10.3. The standard InChI is InChI=1S/C16H25N3O2.HI/c1-20-14-6-8-15(9-7-14)21-11-3-10-18-16(17)19-12-13-4-2-5-13;/h6-9,13H,2-5,10-12H2,1H3,(H3,17,18,19);1H. The topological polar surface area (TPSA) is 68.9 Å². The maximum Gasteiger partial charge on any atom is 0.188 e. The summed E-state index contributed by atoms with van der Waals surface area (Å²) in [4.78, 5) is 4.35. The number of aliphatic imine (C=N–C) groups is 1. The molecule has 6 heteroatoms. The van der Waals surface area contributed by atoms with Gasteiger partial charge in [-0.15, -0.1) is 24.0 Å². The van der Waals surface area contributed by atoms with Gasteiger partial charge in [0.25, 0.3) is 0 Å². The Kier molecular flexibility index (Phi) is 9.03. The molecule has 1 aromatic carbocycles. The van der Waals surface area contributed by atoms with Crippen molar-refractivity contribution in [1.82, 2.24) is 5.32 Å². The molecule has 22 heavy (non-hydrogen) atoms. The molecule has 1 aromatic rings. The Morgan fingerprint density at radius 2 is 1.95 bits per heavy atom. The monoisotopic (exact) mass is 419 g/mol. The molecule has 1 saturated carbocycles. The van der Waals surface area contributed by atoms with Gasteiger partial charge in [-0.05, 0) is 49.4 Å². The van der Waals surface area contributed by atoms with E-state index in [1.54, 1.807) is 7.11 Å². The molecule has 0 amide bonds. The molecule has 3 N–H and O–H groups in total. The summed E-state index contributed by atoms with van der Waals surface area (Å²) in [6.07, 6.45) is 4.82. The molecule has 2 rings (SSSR count). The maximum atomic E-state index is 5.81. The zero-order chi connectivity index (χ0) is 14.9. The van der Waals surface area contributed by atoms with E-state index in [0.717, 1.165) is 36.9 Å². The van der Waals surface area contributed by atoms with Crippen LogP contribution in [0.5, 0.6) is 11.5 Å². The van der Waals surface area contributed by atoms with Gasteiger partial charge in [0.05, 0.1) is 13.7 Å². The first kappa shape index (κ1) is 18.9. The van der Waals surface area contributed by atoms with E-state index in [1.165, 1.54) is 19.3 Å². The van der Waals surface area contributed by atoms with E-state index in [2.05, 4.69) is 10.3 Å². The zero-order valence-electron chi connectivity index (χ0n) is 13.1. The predicted molar refractivity (Wildman–Crippen MR) is 100 cm³/mol. The van der Waals surface area contributed by atoms with E-state index in [-0.39, 0.29) is 24.0 Å². The van der Waals surface area contributed by atoms with Crippen LogP contribution in [0.1, 0.15) is 25.7 Å². The Morgan fingerprint density at radius 1 is 1.27 bits per heavy atom. The molecule has 0 spiro atoms. The lowest BCUT2D eigenvalue weighted by Crippen LogP contribution is -2.34. The zero-order valence-corrected chi connectivity index (χ0v) is 15.4. The largest absolute Gasteiger partial charge is 0.497 e. The molecule has 0 bridgehead atoms. The lowest BCUT2D eigenvalue weighted by Gasteiger charge is -2.23. The summed E-state index contributed by atoms with van der Waals surface area (Å²) in [5.41, 5.74) is 5.81. The molecule has 0 radical (unpaired) electrons. The van der Waals surface area contributed by atoms with Crippen LogP contribution in [-0.4, -0.2) is 32.8 Å². The van der Waals surface area contributed by atoms with Crippen LogP contribution < -0.4 is 20.5 Å². The predicted octanol–water partition coefficient (Wildman–Crippen LogP) is 2.79. The van der Waals surface area contributed by atoms with Crippen molar-refractivity contribution >= 4 is 29.9 Å². The average molecular weight is 419 g/mol. The van der Waals surface area contributed by atoms with Gasteiger partial charge in [0.1, 0.15) is 11.5 Å². The molecule has 0 aliphatic heterocycles. The molecule has 0 aromatic heterocycles. The van der Waals surface area contributed by atoms with Crippen molar-refractivity contribution in [3.63, 3.8) is 0 Å². The van der Waals surface area contributed by atoms with Gasteiger partial charge in [-0.25, -0.2) is 0 Å². The highest BCUT2D eigenvalue weighted by molar-refractivity contribution is 14.0. The fourth-order valence-electron chi connectivity index (χ4n) is 2.11. The molecule has 0 heterocycles. The molecule has 1 fully saturated rings. The van der Waals surface area contributed by atoms with E-state index < -0.39 is 0 Å². The van der Waals surface area contributed by atoms with Gasteiger partial charge in [-0.2, -0.15) is 0 Å². The summed E-state index contributed by atoms with van der Waals surface area (Å²) in [6.45, 7) is 2.28. The summed E-state index contributed by atoms with van der Waals surface area (Å²) >= 11 is 0. The second-order valence-corrected chi connectivity index (χ2v) is 5.33. The molecule has 124 valence electrons. The van der Waals surface area contributed by atoms with Crippen LogP contribution in [0.15, 0.2) is 29.3 Å². The lowest BCUT2D eigenvalue weighted by molar-refractivity contribution is 0.310. The van der Waals surface area contributed by atoms with Crippen LogP contribution in [-0.2, 0) is 0 Å². The van der Waals surface area contributed by atoms with Gasteiger partial charge in [0, 0.05) is 13.1 Å². The van der Waals surface area contributed by atoms with E-state index in [0.29, 0.717) is 12.6 Å². The van der Waals surface area contributed by atoms with Crippen LogP contribution in [0.4, 0.5) is 0 Å². The highest BCUT2D eigenvalue weighted by Crippen LogP contribution is 2.26. The average Bonchev–Trinajstić information content (AvgIpc) is 2.46. The van der Waals surface area contributed by atoms with Crippen LogP contribution in [0, 0.1) is 5.92 Å². The minimum Gasteiger partial charge on any atom is -0.497 e. The Morgan fingerprint density at radius 3 is 2.55 bits per heavy atom. The quantitative estimate of drug-likeness (QED) is 0.294. The van der Waals surface area contributed by atoms with Crippen molar-refractivity contribution in [2.24, 2.45) is 16.6 Å². The van der Waals surface area contributed by atoms with E-state index in [4.69, 9.17) is 15.2 Å². The van der Waals surface area contributed by atoms with E-state index in [9.17, 15) is 0 Å². The van der Waals surface area contributed by atoms with Crippen molar-refractivity contribution in [2.75, 3.05) is 26.8 Å². The molecular weight excluding hydrogens is 393 g/mol. The van der Waals surface area contributed by atoms with Crippen molar-refractivity contribution in [3.8, 4) is 11.5 Å². The number of benzene rings is 1. The minimum atomic E-state index is 0. The molecule has 0 atom stereocenters. The van der Waals surface area contributed by atoms with Gasteiger partial charge in [-0.3, -0.25) is 4.99 Å². The number of hydrogen-bond donors (Lipinski definition) is 2. The fraction of sp³-hybridized carbons (Fsp3) is 0.562. The first-order valence-corrected chi connectivity index (χ1v) is 7.58. The maximum absolute atomic E-state index is 5.81. The number of methoxy groups -OCH3 is 1. The first-order valence-electron chi connectivity index (χ1n) is 7.58. The Balaban J connectivity index is 0.00000242. The van der Waals surface area contributed by atoms with Crippen molar-refractivity contribution < 1.29 is 9.47 Å². The van der Waals surface area contributed by atoms with Gasteiger partial charge in [0.15, 0.2) is 5.96 Å². The van der Waals surface area contributed by atoms with Crippen molar-refractivity contribution in [2.45, 2.75) is 25.7 Å². The normalized spacial score (nSPS) is 14.7. The smallest absolute Gasteiger partial charge is 0.188 e. The van der Waals surface area contributed by atoms with E-state index >= 15 is 0 Å². The van der Waals surface area contributed by atoms with Gasteiger partial charge in [-0.1, -0.05) is 6.42 Å². The number of hydrogen-bond acceptors (Lipinski definition) is 3. The number of halogens is 1. The van der Waals surface area contributed by atoms with E-state index in [1.807, 2.05) is 24.3 Å². The molecule has 1 aliphatic carbocycles. The Labute approximate surface area is 149 Å². The number of nitrogens with one attached hydrogen (secondary N) is 1. The molecule has 5 nitrogen and oxygen atoms in total. The number of rotatable bonds is 8.